The van der Waals surface area contributed by atoms with E-state index in [-0.39, 0.29) is 29.2 Å². The summed E-state index contributed by atoms with van der Waals surface area (Å²) in [6.07, 6.45) is 3.56. The predicted molar refractivity (Wildman–Crippen MR) is 136 cm³/mol. The standard InChI is InChI=1S/C29H36N4O2/c1-22(2)28(35)31-26(25-6-4-3-5-7-25)12-15-32-16-13-29(14-17-32)18-27(34)33(21-29)20-24-10-8-23(19-30)9-11-24/h3-11,22,26H,12-18,20-21H2,1-2H3,(H,31,35)/t26-/m0/s1. The van der Waals surface area contributed by atoms with Crippen LogP contribution in [0, 0.1) is 22.7 Å². The summed E-state index contributed by atoms with van der Waals surface area (Å²) in [6.45, 7) is 8.18. The molecular weight excluding hydrogens is 436 g/mol. The van der Waals surface area contributed by atoms with Crippen molar-refractivity contribution in [3.8, 4) is 6.07 Å². The number of nitrogens with one attached hydrogen (secondary N) is 1. The average molecular weight is 473 g/mol. The van der Waals surface area contributed by atoms with E-state index in [0.29, 0.717) is 18.5 Å². The first-order valence-electron chi connectivity index (χ1n) is 12.7. The minimum Gasteiger partial charge on any atom is -0.349 e. The number of carbonyl (C=O) groups excluding carboxylic acids is 2. The van der Waals surface area contributed by atoms with Crippen molar-refractivity contribution >= 4 is 11.8 Å². The maximum absolute atomic E-state index is 12.8. The van der Waals surface area contributed by atoms with Crippen LogP contribution in [0.1, 0.15) is 62.3 Å². The minimum atomic E-state index is -0.0387. The molecule has 2 saturated heterocycles. The Morgan fingerprint density at radius 3 is 2.40 bits per heavy atom. The Balaban J connectivity index is 1.30. The van der Waals surface area contributed by atoms with Gasteiger partial charge in [0.05, 0.1) is 17.7 Å². The number of likely N-dealkylation sites (tertiary alicyclic amines) is 2. The van der Waals surface area contributed by atoms with E-state index in [9.17, 15) is 9.59 Å². The van der Waals surface area contributed by atoms with Crippen molar-refractivity contribution in [1.82, 2.24) is 15.1 Å². The van der Waals surface area contributed by atoms with Crippen LogP contribution >= 0.6 is 0 Å². The molecule has 2 heterocycles. The number of carbonyl (C=O) groups is 2. The van der Waals surface area contributed by atoms with Crippen LogP contribution < -0.4 is 5.32 Å². The number of amides is 2. The number of nitrogens with zero attached hydrogens (tertiary/aromatic N) is 3. The van der Waals surface area contributed by atoms with Crippen molar-refractivity contribution in [2.24, 2.45) is 11.3 Å². The third kappa shape index (κ3) is 6.29. The summed E-state index contributed by atoms with van der Waals surface area (Å²) >= 11 is 0. The molecule has 35 heavy (non-hydrogen) atoms. The first-order chi connectivity index (χ1) is 16.9. The number of nitriles is 1. The lowest BCUT2D eigenvalue weighted by Gasteiger charge is -2.39. The number of hydrogen-bond donors (Lipinski definition) is 1. The van der Waals surface area contributed by atoms with Crippen molar-refractivity contribution in [3.05, 3.63) is 71.3 Å². The van der Waals surface area contributed by atoms with E-state index in [1.165, 1.54) is 0 Å². The zero-order valence-corrected chi connectivity index (χ0v) is 20.9. The van der Waals surface area contributed by atoms with Crippen LogP contribution in [-0.2, 0) is 16.1 Å². The lowest BCUT2D eigenvalue weighted by Crippen LogP contribution is -2.43. The lowest BCUT2D eigenvalue weighted by molar-refractivity contribution is -0.128. The second-order valence-electron chi connectivity index (χ2n) is 10.5. The van der Waals surface area contributed by atoms with Crippen LogP contribution in [-0.4, -0.2) is 47.8 Å². The van der Waals surface area contributed by atoms with Gasteiger partial charge >= 0.3 is 0 Å². The number of hydrogen-bond acceptors (Lipinski definition) is 4. The van der Waals surface area contributed by atoms with Gasteiger partial charge in [-0.05, 0) is 61.0 Å². The van der Waals surface area contributed by atoms with Crippen molar-refractivity contribution < 1.29 is 9.59 Å². The molecule has 0 aliphatic carbocycles. The highest BCUT2D eigenvalue weighted by molar-refractivity contribution is 5.79. The van der Waals surface area contributed by atoms with E-state index in [0.717, 1.165) is 56.6 Å². The molecule has 0 unspecified atom stereocenters. The van der Waals surface area contributed by atoms with Gasteiger partial charge in [-0.3, -0.25) is 9.59 Å². The Kier molecular flexibility index (Phi) is 7.87. The average Bonchev–Trinajstić information content (AvgIpc) is 3.17. The molecule has 2 aromatic carbocycles. The second-order valence-corrected chi connectivity index (χ2v) is 10.5. The number of piperidine rings is 1. The van der Waals surface area contributed by atoms with E-state index >= 15 is 0 Å². The van der Waals surface area contributed by atoms with Gasteiger partial charge in [0, 0.05) is 32.0 Å². The van der Waals surface area contributed by atoms with Gasteiger partial charge in [-0.25, -0.2) is 0 Å². The topological polar surface area (TPSA) is 76.4 Å². The van der Waals surface area contributed by atoms with Gasteiger partial charge in [-0.2, -0.15) is 5.26 Å². The lowest BCUT2D eigenvalue weighted by atomic mass is 9.77. The van der Waals surface area contributed by atoms with Gasteiger partial charge in [0.1, 0.15) is 0 Å². The van der Waals surface area contributed by atoms with Crippen LogP contribution in [0.25, 0.3) is 0 Å². The third-order valence-corrected chi connectivity index (χ3v) is 7.56. The molecule has 0 bridgehead atoms. The first kappa shape index (κ1) is 24.9. The van der Waals surface area contributed by atoms with Crippen LogP contribution in [0.4, 0.5) is 0 Å². The van der Waals surface area contributed by atoms with Crippen molar-refractivity contribution in [2.45, 2.75) is 52.1 Å². The maximum Gasteiger partial charge on any atom is 0.223 e. The van der Waals surface area contributed by atoms with Gasteiger partial charge in [0.2, 0.25) is 11.8 Å². The molecule has 1 atom stereocenters. The summed E-state index contributed by atoms with van der Waals surface area (Å²) < 4.78 is 0. The Morgan fingerprint density at radius 2 is 1.77 bits per heavy atom. The van der Waals surface area contributed by atoms with Gasteiger partial charge in [0.25, 0.3) is 0 Å². The fraction of sp³-hybridized carbons (Fsp3) is 0.483. The highest BCUT2D eigenvalue weighted by atomic mass is 16.2. The SMILES string of the molecule is CC(C)C(=O)N[C@@H](CCN1CCC2(CC1)CC(=O)N(Cc1ccc(C#N)cc1)C2)c1ccccc1. The number of rotatable bonds is 8. The zero-order valence-electron chi connectivity index (χ0n) is 20.9. The Bertz CT molecular complexity index is 1050. The minimum absolute atomic E-state index is 0.0120. The van der Waals surface area contributed by atoms with Crippen molar-refractivity contribution in [3.63, 3.8) is 0 Å². The van der Waals surface area contributed by atoms with Gasteiger partial charge < -0.3 is 15.1 Å². The monoisotopic (exact) mass is 472 g/mol. The summed E-state index contributed by atoms with van der Waals surface area (Å²) in [7, 11) is 0. The molecule has 2 aliphatic heterocycles. The quantitative estimate of drug-likeness (QED) is 0.622. The summed E-state index contributed by atoms with van der Waals surface area (Å²) in [5.74, 6) is 0.287. The van der Waals surface area contributed by atoms with Crippen LogP contribution in [0.2, 0.25) is 0 Å². The first-order valence-corrected chi connectivity index (χ1v) is 12.7. The molecular formula is C29H36N4O2. The van der Waals surface area contributed by atoms with Crippen molar-refractivity contribution in [1.29, 1.82) is 5.26 Å². The largest absolute Gasteiger partial charge is 0.349 e. The van der Waals surface area contributed by atoms with Crippen molar-refractivity contribution in [2.75, 3.05) is 26.2 Å². The molecule has 2 fully saturated rings. The Labute approximate surface area is 208 Å². The molecule has 184 valence electrons. The maximum atomic E-state index is 12.8. The molecule has 0 aromatic heterocycles. The zero-order chi connectivity index (χ0) is 24.8. The molecule has 6 heteroatoms. The van der Waals surface area contributed by atoms with E-state index < -0.39 is 0 Å². The van der Waals surface area contributed by atoms with Crippen LogP contribution in [0.5, 0.6) is 0 Å². The predicted octanol–water partition coefficient (Wildman–Crippen LogP) is 4.28. The molecule has 0 radical (unpaired) electrons. The Morgan fingerprint density at radius 1 is 1.09 bits per heavy atom. The molecule has 1 spiro atoms. The highest BCUT2D eigenvalue weighted by Gasteiger charge is 2.44. The molecule has 1 N–H and O–H groups in total. The van der Waals surface area contributed by atoms with E-state index in [1.807, 2.05) is 61.2 Å². The Hall–Kier alpha value is -3.17. The fourth-order valence-corrected chi connectivity index (χ4v) is 5.27. The summed E-state index contributed by atoms with van der Waals surface area (Å²) in [5.41, 5.74) is 2.94. The molecule has 2 aliphatic rings. The molecule has 4 rings (SSSR count). The normalized spacial score (nSPS) is 18.6. The number of benzene rings is 2. The summed E-state index contributed by atoms with van der Waals surface area (Å²) in [5, 5.41) is 12.2. The van der Waals surface area contributed by atoms with E-state index in [4.69, 9.17) is 5.26 Å². The van der Waals surface area contributed by atoms with Crippen LogP contribution in [0.3, 0.4) is 0 Å². The molecule has 0 saturated carbocycles. The van der Waals surface area contributed by atoms with Gasteiger partial charge in [-0.1, -0.05) is 56.3 Å². The fourth-order valence-electron chi connectivity index (χ4n) is 5.27. The van der Waals surface area contributed by atoms with E-state index in [2.05, 4.69) is 28.4 Å². The van der Waals surface area contributed by atoms with Gasteiger partial charge in [0.15, 0.2) is 0 Å². The highest BCUT2D eigenvalue weighted by Crippen LogP contribution is 2.41. The molecule has 6 nitrogen and oxygen atoms in total. The van der Waals surface area contributed by atoms with Gasteiger partial charge in [-0.15, -0.1) is 0 Å². The summed E-state index contributed by atoms with van der Waals surface area (Å²) in [4.78, 5) is 29.7. The third-order valence-electron chi connectivity index (χ3n) is 7.56. The van der Waals surface area contributed by atoms with Crippen LogP contribution in [0.15, 0.2) is 54.6 Å². The summed E-state index contributed by atoms with van der Waals surface area (Å²) in [6, 6.07) is 19.9. The van der Waals surface area contributed by atoms with E-state index in [1.54, 1.807) is 0 Å². The smallest absolute Gasteiger partial charge is 0.223 e. The second kappa shape index (κ2) is 11.0. The molecule has 2 amide bonds. The molecule has 2 aromatic rings.